The van der Waals surface area contributed by atoms with E-state index in [-0.39, 0.29) is 17.2 Å². The van der Waals surface area contributed by atoms with Crippen molar-refractivity contribution >= 4 is 51.3 Å². The maximum absolute atomic E-state index is 13.4. The molecule has 2 aromatic heterocycles. The Morgan fingerprint density at radius 1 is 1.28 bits per heavy atom. The number of thiocarbonyl (C=S) groups is 1. The molecule has 3 heterocycles. The number of nitrogens with one attached hydrogen (secondary N) is 1. The van der Waals surface area contributed by atoms with Gasteiger partial charge < -0.3 is 14.5 Å². The van der Waals surface area contributed by atoms with Crippen LogP contribution in [-0.4, -0.2) is 22.3 Å². The lowest BCUT2D eigenvalue weighted by Gasteiger charge is -2.13. The fourth-order valence-corrected chi connectivity index (χ4v) is 3.93. The van der Waals surface area contributed by atoms with Gasteiger partial charge in [-0.3, -0.25) is 9.78 Å². The molecule has 0 spiro atoms. The topological polar surface area (TPSA) is 64.4 Å². The van der Waals surface area contributed by atoms with Crippen LogP contribution in [0, 0.1) is 0 Å². The summed E-state index contributed by atoms with van der Waals surface area (Å²) >= 11 is 6.05. The molecule has 1 aliphatic heterocycles. The zero-order valence-electron chi connectivity index (χ0n) is 14.7. The highest BCUT2D eigenvalue weighted by Crippen LogP contribution is 2.40. The van der Waals surface area contributed by atoms with Gasteiger partial charge in [-0.2, -0.15) is 13.2 Å². The van der Waals surface area contributed by atoms with Gasteiger partial charge in [0.15, 0.2) is 0 Å². The van der Waals surface area contributed by atoms with E-state index in [4.69, 9.17) is 21.4 Å². The van der Waals surface area contributed by atoms with Crippen LogP contribution in [0.1, 0.15) is 11.3 Å². The zero-order chi connectivity index (χ0) is 20.8. The van der Waals surface area contributed by atoms with Crippen molar-refractivity contribution in [3.63, 3.8) is 0 Å². The number of pyridine rings is 1. The van der Waals surface area contributed by atoms with Gasteiger partial charge in [0.2, 0.25) is 0 Å². The summed E-state index contributed by atoms with van der Waals surface area (Å²) in [5, 5.41) is 3.09. The van der Waals surface area contributed by atoms with E-state index < -0.39 is 11.7 Å². The largest absolute Gasteiger partial charge is 0.496 e. The molecular formula is C19H11F3N2O3S2. The van der Waals surface area contributed by atoms with Crippen LogP contribution in [0.4, 0.5) is 13.2 Å². The number of furan rings is 1. The molecule has 148 valence electrons. The predicted octanol–water partition coefficient (Wildman–Crippen LogP) is 5.01. The quantitative estimate of drug-likeness (QED) is 0.460. The number of methoxy groups -OCH3 is 1. The Morgan fingerprint density at radius 3 is 2.72 bits per heavy atom. The zero-order valence-corrected chi connectivity index (χ0v) is 16.3. The van der Waals surface area contributed by atoms with E-state index in [0.29, 0.717) is 31.5 Å². The molecule has 1 aromatic carbocycles. The maximum Gasteiger partial charge on any atom is 0.419 e. The molecule has 1 amide bonds. The molecule has 1 saturated heterocycles. The van der Waals surface area contributed by atoms with E-state index in [1.807, 2.05) is 0 Å². The van der Waals surface area contributed by atoms with Crippen molar-refractivity contribution in [2.45, 2.75) is 6.18 Å². The molecule has 0 unspecified atom stereocenters. The Labute approximate surface area is 171 Å². The van der Waals surface area contributed by atoms with Gasteiger partial charge in [-0.25, -0.2) is 0 Å². The third-order valence-electron chi connectivity index (χ3n) is 4.17. The molecule has 10 heteroatoms. The molecule has 0 atom stereocenters. The Bertz CT molecular complexity index is 1190. The van der Waals surface area contributed by atoms with E-state index in [0.717, 1.165) is 17.8 Å². The summed E-state index contributed by atoms with van der Waals surface area (Å²) in [5.74, 6) is -0.239. The first kappa shape index (κ1) is 19.5. The van der Waals surface area contributed by atoms with Crippen molar-refractivity contribution in [2.24, 2.45) is 0 Å². The summed E-state index contributed by atoms with van der Waals surface area (Å²) in [7, 11) is 1.18. The lowest BCUT2D eigenvalue weighted by atomic mass is 10.0. The van der Waals surface area contributed by atoms with Crippen molar-refractivity contribution in [2.75, 3.05) is 7.11 Å². The minimum absolute atomic E-state index is 0.272. The molecule has 0 saturated carbocycles. The third-order valence-corrected chi connectivity index (χ3v) is 5.34. The number of benzene rings is 1. The van der Waals surface area contributed by atoms with E-state index in [9.17, 15) is 18.0 Å². The van der Waals surface area contributed by atoms with Crippen LogP contribution >= 0.6 is 24.0 Å². The molecule has 1 aliphatic rings. The number of fused-ring (bicyclic) bond motifs is 1. The first-order chi connectivity index (χ1) is 13.8. The average molecular weight is 436 g/mol. The molecule has 3 aromatic rings. The van der Waals surface area contributed by atoms with Crippen LogP contribution in [0.15, 0.2) is 46.0 Å². The SMILES string of the molecule is COc1ccc(-c2cncc3cc(C=C4SC(=S)NC4=O)oc23)cc1C(F)(F)F. The summed E-state index contributed by atoms with van der Waals surface area (Å²) in [5.41, 5.74) is 0.130. The summed E-state index contributed by atoms with van der Waals surface area (Å²) < 4.78 is 51.1. The van der Waals surface area contributed by atoms with E-state index >= 15 is 0 Å². The van der Waals surface area contributed by atoms with Gasteiger partial charge in [-0.05, 0) is 23.8 Å². The van der Waals surface area contributed by atoms with Crippen LogP contribution in [0.3, 0.4) is 0 Å². The number of aromatic nitrogens is 1. The lowest BCUT2D eigenvalue weighted by molar-refractivity contribution is -0.138. The standard InChI is InChI=1S/C19H11F3N2O3S2/c1-26-14-3-2-9(5-13(14)19(20,21)22)12-8-23-7-10-4-11(27-16(10)12)6-15-17(25)24-18(28)29-15/h2-8H,1H3,(H,24,25,28). The van der Waals surface area contributed by atoms with Gasteiger partial charge in [0.1, 0.15) is 21.4 Å². The number of thioether (sulfide) groups is 1. The molecule has 0 radical (unpaired) electrons. The number of amides is 1. The molecule has 0 bridgehead atoms. The van der Waals surface area contributed by atoms with E-state index in [1.54, 1.807) is 6.07 Å². The smallest absolute Gasteiger partial charge is 0.419 e. The molecule has 0 aliphatic carbocycles. The fraction of sp³-hybridized carbons (Fsp3) is 0.105. The highest BCUT2D eigenvalue weighted by atomic mass is 32.2. The molecule has 1 N–H and O–H groups in total. The van der Waals surface area contributed by atoms with E-state index in [2.05, 4.69) is 10.3 Å². The number of ether oxygens (including phenoxy) is 1. The summed E-state index contributed by atoms with van der Waals surface area (Å²) in [6.07, 6.45) is -0.0902. The minimum Gasteiger partial charge on any atom is -0.496 e. The maximum atomic E-state index is 13.4. The highest BCUT2D eigenvalue weighted by molar-refractivity contribution is 8.26. The second kappa shape index (κ2) is 7.20. The Kier molecular flexibility index (Phi) is 4.83. The number of alkyl halides is 3. The normalized spacial score (nSPS) is 15.9. The van der Waals surface area contributed by atoms with Crippen molar-refractivity contribution in [1.29, 1.82) is 0 Å². The van der Waals surface area contributed by atoms with Crippen LogP contribution < -0.4 is 10.1 Å². The van der Waals surface area contributed by atoms with Gasteiger partial charge in [0.05, 0.1) is 17.6 Å². The van der Waals surface area contributed by atoms with Gasteiger partial charge in [0.25, 0.3) is 5.91 Å². The Morgan fingerprint density at radius 2 is 2.07 bits per heavy atom. The van der Waals surface area contributed by atoms with Crippen molar-refractivity contribution < 1.29 is 27.1 Å². The van der Waals surface area contributed by atoms with Gasteiger partial charge in [-0.1, -0.05) is 30.0 Å². The van der Waals surface area contributed by atoms with Crippen LogP contribution in [-0.2, 0) is 11.0 Å². The van der Waals surface area contributed by atoms with Crippen molar-refractivity contribution in [1.82, 2.24) is 10.3 Å². The second-order valence-corrected chi connectivity index (χ2v) is 7.74. The number of nitrogens with zero attached hydrogens (tertiary/aromatic N) is 1. The third kappa shape index (κ3) is 3.73. The monoisotopic (exact) mass is 436 g/mol. The van der Waals surface area contributed by atoms with Crippen molar-refractivity contribution in [3.8, 4) is 16.9 Å². The van der Waals surface area contributed by atoms with E-state index in [1.165, 1.54) is 37.7 Å². The Hall–Kier alpha value is -2.85. The van der Waals surface area contributed by atoms with Crippen LogP contribution in [0.2, 0.25) is 0 Å². The first-order valence-electron chi connectivity index (χ1n) is 8.14. The van der Waals surface area contributed by atoms with Crippen LogP contribution in [0.25, 0.3) is 28.2 Å². The number of carbonyl (C=O) groups is 1. The molecular weight excluding hydrogens is 425 g/mol. The molecule has 29 heavy (non-hydrogen) atoms. The highest BCUT2D eigenvalue weighted by Gasteiger charge is 2.34. The summed E-state index contributed by atoms with van der Waals surface area (Å²) in [6, 6.07) is 5.41. The first-order valence-corrected chi connectivity index (χ1v) is 9.37. The number of hydrogen-bond acceptors (Lipinski definition) is 6. The number of halogens is 3. The fourth-order valence-electron chi connectivity index (χ4n) is 2.91. The van der Waals surface area contributed by atoms with Crippen LogP contribution in [0.5, 0.6) is 5.75 Å². The summed E-state index contributed by atoms with van der Waals surface area (Å²) in [6.45, 7) is 0. The number of hydrogen-bond donors (Lipinski definition) is 1. The van der Waals surface area contributed by atoms with Crippen molar-refractivity contribution in [3.05, 3.63) is 52.9 Å². The number of carbonyl (C=O) groups excluding carboxylic acids is 1. The second-order valence-electron chi connectivity index (χ2n) is 6.02. The Balaban J connectivity index is 1.82. The van der Waals surface area contributed by atoms with Gasteiger partial charge in [0, 0.05) is 29.4 Å². The van der Waals surface area contributed by atoms with Gasteiger partial charge in [-0.15, -0.1) is 0 Å². The molecule has 1 fully saturated rings. The average Bonchev–Trinajstić information content (AvgIpc) is 3.22. The predicted molar refractivity (Wildman–Crippen MR) is 107 cm³/mol. The number of rotatable bonds is 3. The summed E-state index contributed by atoms with van der Waals surface area (Å²) in [4.78, 5) is 16.3. The minimum atomic E-state index is -4.58. The lowest BCUT2D eigenvalue weighted by Crippen LogP contribution is -2.17. The van der Waals surface area contributed by atoms with Gasteiger partial charge >= 0.3 is 6.18 Å². The molecule has 4 rings (SSSR count). The molecule has 5 nitrogen and oxygen atoms in total.